The van der Waals surface area contributed by atoms with Crippen molar-refractivity contribution < 1.29 is 14.4 Å². The highest BCUT2D eigenvalue weighted by molar-refractivity contribution is 6.39. The van der Waals surface area contributed by atoms with E-state index in [0.29, 0.717) is 6.54 Å². The Kier molecular flexibility index (Phi) is 5.85. The molecule has 2 atom stereocenters. The van der Waals surface area contributed by atoms with Crippen molar-refractivity contribution in [3.63, 3.8) is 0 Å². The fraction of sp³-hybridized carbons (Fsp3) is 0.292. The Bertz CT molecular complexity index is 1210. The quantitative estimate of drug-likeness (QED) is 0.618. The first-order chi connectivity index (χ1) is 15.3. The molecule has 3 amide bonds. The Labute approximate surface area is 185 Å². The lowest BCUT2D eigenvalue weighted by molar-refractivity contribution is -0.146. The Morgan fingerprint density at radius 3 is 2.69 bits per heavy atom. The van der Waals surface area contributed by atoms with Crippen LogP contribution in [0.4, 0.5) is 5.69 Å². The molecule has 8 nitrogen and oxygen atoms in total. The van der Waals surface area contributed by atoms with Gasteiger partial charge < -0.3 is 16.0 Å². The highest BCUT2D eigenvalue weighted by Gasteiger charge is 2.34. The Hall–Kier alpha value is -3.81. The number of nitrogens with zero attached hydrogens (tertiary/aromatic N) is 3. The van der Waals surface area contributed by atoms with Crippen molar-refractivity contribution in [3.8, 4) is 0 Å². The van der Waals surface area contributed by atoms with Crippen LogP contribution in [0.25, 0.3) is 10.9 Å². The lowest BCUT2D eigenvalue weighted by Crippen LogP contribution is -2.46. The SMILES string of the molecule is Cc1ccc2cc([C@H]3CC[C@H](C)CN3C(=O)C(=O)Nc3cncc(C(N)=O)c3)ccc2n1. The second-order valence-electron chi connectivity index (χ2n) is 8.34. The highest BCUT2D eigenvalue weighted by Crippen LogP contribution is 2.34. The number of hydrogen-bond acceptors (Lipinski definition) is 5. The average molecular weight is 431 g/mol. The van der Waals surface area contributed by atoms with Crippen LogP contribution in [-0.4, -0.2) is 39.1 Å². The van der Waals surface area contributed by atoms with E-state index < -0.39 is 17.7 Å². The predicted molar refractivity (Wildman–Crippen MR) is 121 cm³/mol. The molecule has 1 saturated heterocycles. The van der Waals surface area contributed by atoms with E-state index in [4.69, 9.17) is 5.73 Å². The molecule has 1 aromatic carbocycles. The average Bonchev–Trinajstić information content (AvgIpc) is 2.78. The Morgan fingerprint density at radius 2 is 1.91 bits per heavy atom. The van der Waals surface area contributed by atoms with Crippen molar-refractivity contribution in [3.05, 3.63) is 65.6 Å². The Balaban J connectivity index is 1.58. The minimum atomic E-state index is -0.773. The molecule has 2 aromatic heterocycles. The summed E-state index contributed by atoms with van der Waals surface area (Å²) in [5.74, 6) is -1.77. The van der Waals surface area contributed by atoms with Gasteiger partial charge in [-0.05, 0) is 55.5 Å². The fourth-order valence-electron chi connectivity index (χ4n) is 4.13. The van der Waals surface area contributed by atoms with Crippen molar-refractivity contribution in [1.29, 1.82) is 0 Å². The number of aromatic nitrogens is 2. The number of piperidine rings is 1. The molecule has 3 N–H and O–H groups in total. The number of nitrogens with one attached hydrogen (secondary N) is 1. The first-order valence-corrected chi connectivity index (χ1v) is 10.6. The molecule has 1 aliphatic heterocycles. The summed E-state index contributed by atoms with van der Waals surface area (Å²) in [6, 6.07) is 11.2. The summed E-state index contributed by atoms with van der Waals surface area (Å²) in [4.78, 5) is 47.3. The van der Waals surface area contributed by atoms with E-state index in [0.717, 1.165) is 35.0 Å². The molecule has 0 unspecified atom stereocenters. The number of carbonyl (C=O) groups is 3. The standard InChI is InChI=1S/C24H25N5O3/c1-14-3-8-21(17-6-7-20-16(9-17)5-4-15(2)27-20)29(13-14)24(32)23(31)28-19-10-18(22(25)30)11-26-12-19/h4-7,9-12,14,21H,3,8,13H2,1-2H3,(H2,25,30)(H,28,31)/t14-,21+/m0/s1. The van der Waals surface area contributed by atoms with Gasteiger partial charge in [0.1, 0.15) is 0 Å². The zero-order chi connectivity index (χ0) is 22.8. The zero-order valence-corrected chi connectivity index (χ0v) is 18.0. The summed E-state index contributed by atoms with van der Waals surface area (Å²) in [7, 11) is 0. The Morgan fingerprint density at radius 1 is 1.09 bits per heavy atom. The van der Waals surface area contributed by atoms with Crippen LogP contribution < -0.4 is 11.1 Å². The van der Waals surface area contributed by atoms with Gasteiger partial charge in [-0.25, -0.2) is 0 Å². The van der Waals surface area contributed by atoms with Crippen LogP contribution in [0.5, 0.6) is 0 Å². The molecule has 3 heterocycles. The summed E-state index contributed by atoms with van der Waals surface area (Å²) in [6.07, 6.45) is 4.40. The number of primary amides is 1. The van der Waals surface area contributed by atoms with Crippen molar-refractivity contribution in [2.24, 2.45) is 11.7 Å². The number of fused-ring (bicyclic) bond motifs is 1. The first-order valence-electron chi connectivity index (χ1n) is 10.6. The van der Waals surface area contributed by atoms with Gasteiger partial charge in [0.05, 0.1) is 29.0 Å². The fourth-order valence-corrected chi connectivity index (χ4v) is 4.13. The second kappa shape index (κ2) is 8.74. The number of aryl methyl sites for hydroxylation is 1. The van der Waals surface area contributed by atoms with E-state index in [1.165, 1.54) is 18.5 Å². The van der Waals surface area contributed by atoms with Crippen molar-refractivity contribution in [1.82, 2.24) is 14.9 Å². The molecule has 0 spiro atoms. The predicted octanol–water partition coefficient (Wildman–Crippen LogP) is 2.98. The normalized spacial score (nSPS) is 18.4. The van der Waals surface area contributed by atoms with Crippen LogP contribution in [-0.2, 0) is 9.59 Å². The minimum absolute atomic E-state index is 0.153. The van der Waals surface area contributed by atoms with E-state index in [2.05, 4.69) is 22.2 Å². The molecule has 164 valence electrons. The maximum Gasteiger partial charge on any atom is 0.313 e. The van der Waals surface area contributed by atoms with E-state index >= 15 is 0 Å². The number of benzene rings is 1. The van der Waals surface area contributed by atoms with Gasteiger partial charge in [0.25, 0.3) is 0 Å². The smallest absolute Gasteiger partial charge is 0.313 e. The monoisotopic (exact) mass is 431 g/mol. The van der Waals surface area contributed by atoms with Crippen LogP contribution in [0.15, 0.2) is 48.8 Å². The molecule has 32 heavy (non-hydrogen) atoms. The van der Waals surface area contributed by atoms with Gasteiger partial charge in [-0.1, -0.05) is 19.1 Å². The van der Waals surface area contributed by atoms with E-state index in [-0.39, 0.29) is 23.2 Å². The van der Waals surface area contributed by atoms with Crippen molar-refractivity contribution in [2.75, 3.05) is 11.9 Å². The van der Waals surface area contributed by atoms with E-state index in [1.807, 2.05) is 37.3 Å². The third kappa shape index (κ3) is 4.44. The van der Waals surface area contributed by atoms with Crippen molar-refractivity contribution in [2.45, 2.75) is 32.7 Å². The molecule has 1 fully saturated rings. The van der Waals surface area contributed by atoms with Gasteiger partial charge in [0, 0.05) is 23.8 Å². The van der Waals surface area contributed by atoms with Crippen LogP contribution in [0, 0.1) is 12.8 Å². The lowest BCUT2D eigenvalue weighted by Gasteiger charge is -2.38. The maximum absolute atomic E-state index is 13.1. The molecular formula is C24H25N5O3. The molecular weight excluding hydrogens is 406 g/mol. The molecule has 0 saturated carbocycles. The van der Waals surface area contributed by atoms with E-state index in [1.54, 1.807) is 4.90 Å². The molecule has 0 aliphatic carbocycles. The van der Waals surface area contributed by atoms with Crippen LogP contribution >= 0.6 is 0 Å². The number of likely N-dealkylation sites (tertiary alicyclic amines) is 1. The van der Waals surface area contributed by atoms with Crippen LogP contribution in [0.2, 0.25) is 0 Å². The zero-order valence-electron chi connectivity index (χ0n) is 18.0. The summed E-state index contributed by atoms with van der Waals surface area (Å²) < 4.78 is 0. The number of pyridine rings is 2. The van der Waals surface area contributed by atoms with Gasteiger partial charge >= 0.3 is 11.8 Å². The minimum Gasteiger partial charge on any atom is -0.366 e. The third-order valence-corrected chi connectivity index (χ3v) is 5.79. The largest absolute Gasteiger partial charge is 0.366 e. The van der Waals surface area contributed by atoms with Crippen molar-refractivity contribution >= 4 is 34.3 Å². The lowest BCUT2D eigenvalue weighted by atomic mass is 9.89. The molecule has 1 aliphatic rings. The van der Waals surface area contributed by atoms with Gasteiger partial charge in [-0.3, -0.25) is 24.4 Å². The number of hydrogen-bond donors (Lipinski definition) is 2. The summed E-state index contributed by atoms with van der Waals surface area (Å²) in [5, 5.41) is 3.54. The van der Waals surface area contributed by atoms with Gasteiger partial charge in [-0.2, -0.15) is 0 Å². The van der Waals surface area contributed by atoms with Crippen LogP contribution in [0.3, 0.4) is 0 Å². The third-order valence-electron chi connectivity index (χ3n) is 5.79. The van der Waals surface area contributed by atoms with Crippen LogP contribution in [0.1, 0.15) is 47.4 Å². The summed E-state index contributed by atoms with van der Waals surface area (Å²) in [6.45, 7) is 4.51. The molecule has 4 rings (SSSR count). The molecule has 8 heteroatoms. The van der Waals surface area contributed by atoms with Gasteiger partial charge in [-0.15, -0.1) is 0 Å². The topological polar surface area (TPSA) is 118 Å². The number of amides is 3. The van der Waals surface area contributed by atoms with Gasteiger partial charge in [0.2, 0.25) is 5.91 Å². The van der Waals surface area contributed by atoms with Gasteiger partial charge in [0.15, 0.2) is 0 Å². The number of carbonyl (C=O) groups excluding carboxylic acids is 3. The summed E-state index contributed by atoms with van der Waals surface area (Å²) in [5.41, 5.74) is 8.48. The number of anilines is 1. The first kappa shape index (κ1) is 21.4. The van der Waals surface area contributed by atoms with E-state index in [9.17, 15) is 14.4 Å². The maximum atomic E-state index is 13.1. The molecule has 0 bridgehead atoms. The number of rotatable bonds is 3. The number of nitrogens with two attached hydrogens (primary N) is 1. The molecule has 0 radical (unpaired) electrons. The second-order valence-corrected chi connectivity index (χ2v) is 8.34. The highest BCUT2D eigenvalue weighted by atomic mass is 16.2. The summed E-state index contributed by atoms with van der Waals surface area (Å²) >= 11 is 0. The molecule has 3 aromatic rings.